The van der Waals surface area contributed by atoms with Gasteiger partial charge in [0.1, 0.15) is 11.4 Å². The van der Waals surface area contributed by atoms with Gasteiger partial charge < -0.3 is 4.90 Å². The van der Waals surface area contributed by atoms with Gasteiger partial charge in [0, 0.05) is 18.4 Å². The first-order valence-electron chi connectivity index (χ1n) is 5.22. The molecule has 0 aromatic heterocycles. The molecule has 1 aromatic carbocycles. The standard InChI is InChI=1S/C12H16FN/c1-12(8-3-9-14(12)2)10-4-6-11(13)7-5-10/h4-7H,3,8-9H2,1-2H3/p+1. The van der Waals surface area contributed by atoms with E-state index in [4.69, 9.17) is 0 Å². The molecule has 0 radical (unpaired) electrons. The van der Waals surface area contributed by atoms with Gasteiger partial charge in [0.2, 0.25) is 0 Å². The first-order chi connectivity index (χ1) is 6.63. The van der Waals surface area contributed by atoms with E-state index < -0.39 is 0 Å². The monoisotopic (exact) mass is 194 g/mol. The lowest BCUT2D eigenvalue weighted by Gasteiger charge is -2.29. The molecule has 2 heteroatoms. The molecular formula is C12H17FN+. The molecule has 1 N–H and O–H groups in total. The van der Waals surface area contributed by atoms with Crippen LogP contribution in [0.2, 0.25) is 0 Å². The zero-order valence-corrected chi connectivity index (χ0v) is 8.81. The smallest absolute Gasteiger partial charge is 0.123 e. The second kappa shape index (κ2) is 3.35. The lowest BCUT2D eigenvalue weighted by atomic mass is 9.90. The number of likely N-dealkylation sites (tertiary alicyclic amines) is 1. The third kappa shape index (κ3) is 1.44. The normalized spacial score (nSPS) is 32.1. The quantitative estimate of drug-likeness (QED) is 0.688. The maximum Gasteiger partial charge on any atom is 0.123 e. The van der Waals surface area contributed by atoms with Crippen LogP contribution in [0.5, 0.6) is 0 Å². The number of nitrogens with one attached hydrogen (secondary N) is 1. The van der Waals surface area contributed by atoms with Crippen molar-refractivity contribution >= 4 is 0 Å². The first-order valence-corrected chi connectivity index (χ1v) is 5.22. The van der Waals surface area contributed by atoms with Gasteiger partial charge in [-0.15, -0.1) is 0 Å². The molecule has 1 saturated heterocycles. The number of halogens is 1. The Morgan fingerprint density at radius 3 is 2.43 bits per heavy atom. The Hall–Kier alpha value is -0.890. The minimum Gasteiger partial charge on any atom is -0.329 e. The molecule has 1 aromatic rings. The summed E-state index contributed by atoms with van der Waals surface area (Å²) in [6.07, 6.45) is 2.46. The Balaban J connectivity index is 2.34. The summed E-state index contributed by atoms with van der Waals surface area (Å²) < 4.78 is 12.8. The van der Waals surface area contributed by atoms with Gasteiger partial charge in [0.15, 0.2) is 0 Å². The molecule has 0 amide bonds. The van der Waals surface area contributed by atoms with Crippen LogP contribution in [0.3, 0.4) is 0 Å². The van der Waals surface area contributed by atoms with Gasteiger partial charge in [0.25, 0.3) is 0 Å². The molecule has 76 valence electrons. The molecule has 0 aliphatic carbocycles. The van der Waals surface area contributed by atoms with Crippen molar-refractivity contribution in [2.75, 3.05) is 13.6 Å². The maximum atomic E-state index is 12.8. The van der Waals surface area contributed by atoms with Gasteiger partial charge in [-0.1, -0.05) is 0 Å². The highest BCUT2D eigenvalue weighted by Gasteiger charge is 2.39. The van der Waals surface area contributed by atoms with Crippen molar-refractivity contribution in [3.63, 3.8) is 0 Å². The topological polar surface area (TPSA) is 4.44 Å². The molecule has 1 nitrogen and oxygen atoms in total. The van der Waals surface area contributed by atoms with E-state index in [1.54, 1.807) is 12.1 Å². The van der Waals surface area contributed by atoms with Crippen molar-refractivity contribution < 1.29 is 9.29 Å². The third-order valence-electron chi connectivity index (χ3n) is 3.65. The number of benzene rings is 1. The second-order valence-corrected chi connectivity index (χ2v) is 4.47. The van der Waals surface area contributed by atoms with Crippen LogP contribution in [0.25, 0.3) is 0 Å². The predicted molar refractivity (Wildman–Crippen MR) is 54.7 cm³/mol. The van der Waals surface area contributed by atoms with Crippen molar-refractivity contribution in [2.45, 2.75) is 25.3 Å². The number of rotatable bonds is 1. The van der Waals surface area contributed by atoms with Gasteiger partial charge in [0.05, 0.1) is 13.6 Å². The van der Waals surface area contributed by atoms with Gasteiger partial charge >= 0.3 is 0 Å². The van der Waals surface area contributed by atoms with Crippen LogP contribution in [-0.2, 0) is 5.54 Å². The molecule has 1 fully saturated rings. The maximum absolute atomic E-state index is 12.8. The Bertz CT molecular complexity index is 320. The highest BCUT2D eigenvalue weighted by molar-refractivity contribution is 5.22. The second-order valence-electron chi connectivity index (χ2n) is 4.47. The highest BCUT2D eigenvalue weighted by Crippen LogP contribution is 2.25. The van der Waals surface area contributed by atoms with E-state index in [1.807, 2.05) is 12.1 Å². The van der Waals surface area contributed by atoms with E-state index in [1.165, 1.54) is 29.8 Å². The van der Waals surface area contributed by atoms with Crippen LogP contribution in [-0.4, -0.2) is 13.6 Å². The lowest BCUT2D eigenvalue weighted by molar-refractivity contribution is -0.926. The Morgan fingerprint density at radius 1 is 1.29 bits per heavy atom. The van der Waals surface area contributed by atoms with E-state index in [9.17, 15) is 4.39 Å². The summed E-state index contributed by atoms with van der Waals surface area (Å²) in [5.41, 5.74) is 1.45. The minimum absolute atomic E-state index is 0.145. The SMILES string of the molecule is C[NH+]1CCCC1(C)c1ccc(F)cc1. The fourth-order valence-corrected chi connectivity index (χ4v) is 2.40. The average molecular weight is 194 g/mol. The Labute approximate surface area is 84.5 Å². The molecule has 0 spiro atoms. The van der Waals surface area contributed by atoms with Crippen molar-refractivity contribution in [1.29, 1.82) is 0 Å². The molecule has 2 atom stereocenters. The molecule has 1 aliphatic rings. The zero-order chi connectivity index (χ0) is 10.2. The first kappa shape index (κ1) is 9.66. The lowest BCUT2D eigenvalue weighted by Crippen LogP contribution is -3.13. The highest BCUT2D eigenvalue weighted by atomic mass is 19.1. The Morgan fingerprint density at radius 2 is 1.93 bits per heavy atom. The Kier molecular flexibility index (Phi) is 2.31. The van der Waals surface area contributed by atoms with E-state index in [0.29, 0.717) is 0 Å². The predicted octanol–water partition coefficient (Wildman–Crippen LogP) is 1.35. The molecule has 0 bridgehead atoms. The number of hydrogen-bond acceptors (Lipinski definition) is 0. The van der Waals surface area contributed by atoms with Gasteiger partial charge in [-0.25, -0.2) is 4.39 Å². The van der Waals surface area contributed by atoms with Gasteiger partial charge in [-0.05, 0) is 31.2 Å². The molecule has 0 saturated carbocycles. The minimum atomic E-state index is -0.145. The van der Waals surface area contributed by atoms with Crippen LogP contribution < -0.4 is 4.90 Å². The van der Waals surface area contributed by atoms with Gasteiger partial charge in [-0.2, -0.15) is 0 Å². The summed E-state index contributed by atoms with van der Waals surface area (Å²) in [5.74, 6) is -0.145. The third-order valence-corrected chi connectivity index (χ3v) is 3.65. The van der Waals surface area contributed by atoms with Crippen LogP contribution in [0.4, 0.5) is 4.39 Å². The number of quaternary nitrogens is 1. The van der Waals surface area contributed by atoms with Crippen LogP contribution in [0, 0.1) is 5.82 Å². The van der Waals surface area contributed by atoms with Crippen LogP contribution >= 0.6 is 0 Å². The zero-order valence-electron chi connectivity index (χ0n) is 8.81. The summed E-state index contributed by atoms with van der Waals surface area (Å²) in [4.78, 5) is 1.53. The van der Waals surface area contributed by atoms with Crippen molar-refractivity contribution in [2.24, 2.45) is 0 Å². The van der Waals surface area contributed by atoms with E-state index in [2.05, 4.69) is 14.0 Å². The summed E-state index contributed by atoms with van der Waals surface area (Å²) in [5, 5.41) is 0. The summed E-state index contributed by atoms with van der Waals surface area (Å²) in [7, 11) is 2.22. The fourth-order valence-electron chi connectivity index (χ4n) is 2.40. The molecule has 14 heavy (non-hydrogen) atoms. The molecule has 2 rings (SSSR count). The van der Waals surface area contributed by atoms with E-state index >= 15 is 0 Å². The van der Waals surface area contributed by atoms with Gasteiger partial charge in [-0.3, -0.25) is 0 Å². The summed E-state index contributed by atoms with van der Waals surface area (Å²) in [6, 6.07) is 6.96. The number of hydrogen-bond donors (Lipinski definition) is 1. The summed E-state index contributed by atoms with van der Waals surface area (Å²) >= 11 is 0. The fraction of sp³-hybridized carbons (Fsp3) is 0.500. The largest absolute Gasteiger partial charge is 0.329 e. The summed E-state index contributed by atoms with van der Waals surface area (Å²) in [6.45, 7) is 3.48. The van der Waals surface area contributed by atoms with Crippen LogP contribution in [0.15, 0.2) is 24.3 Å². The molecule has 1 heterocycles. The average Bonchev–Trinajstić information content (AvgIpc) is 2.49. The molecular weight excluding hydrogens is 177 g/mol. The van der Waals surface area contributed by atoms with Crippen molar-refractivity contribution in [3.05, 3.63) is 35.6 Å². The van der Waals surface area contributed by atoms with E-state index in [-0.39, 0.29) is 11.4 Å². The molecule has 2 unspecified atom stereocenters. The van der Waals surface area contributed by atoms with Crippen LogP contribution in [0.1, 0.15) is 25.3 Å². The van der Waals surface area contributed by atoms with Crippen molar-refractivity contribution in [3.8, 4) is 0 Å². The van der Waals surface area contributed by atoms with Crippen molar-refractivity contribution in [1.82, 2.24) is 0 Å². The van der Waals surface area contributed by atoms with E-state index in [0.717, 1.165) is 0 Å². The molecule has 1 aliphatic heterocycles.